The molecule has 5 aromatic rings. The minimum Gasteiger partial charge on any atom is -0.457 e. The van der Waals surface area contributed by atoms with Gasteiger partial charge in [0.25, 0.3) is 0 Å². The molecule has 0 aliphatic rings. The quantitative estimate of drug-likeness (QED) is 0.369. The Kier molecular flexibility index (Phi) is 5.94. The van der Waals surface area contributed by atoms with Gasteiger partial charge in [0, 0.05) is 37.2 Å². The zero-order valence-electron chi connectivity index (χ0n) is 18.5. The summed E-state index contributed by atoms with van der Waals surface area (Å²) in [7, 11) is 0. The van der Waals surface area contributed by atoms with Crippen LogP contribution in [0.15, 0.2) is 91.6 Å². The smallest absolute Gasteiger partial charge is 0.240 e. The fourth-order valence-corrected chi connectivity index (χ4v) is 3.87. The van der Waals surface area contributed by atoms with Gasteiger partial charge in [-0.15, -0.1) is 0 Å². The average Bonchev–Trinajstić information content (AvgIpc) is 3.49. The van der Waals surface area contributed by atoms with Crippen LogP contribution in [-0.4, -0.2) is 31.6 Å². The molecule has 170 valence electrons. The van der Waals surface area contributed by atoms with Crippen molar-refractivity contribution in [2.75, 3.05) is 12.3 Å². The highest BCUT2D eigenvalue weighted by Gasteiger charge is 2.17. The summed E-state index contributed by atoms with van der Waals surface area (Å²) in [6.07, 6.45) is 7.24. The van der Waals surface area contributed by atoms with Crippen LogP contribution in [0.2, 0.25) is 0 Å². The topological polar surface area (TPSA) is 100.0 Å². The Hall–Kier alpha value is -4.59. The number of fused-ring (bicyclic) bond motifs is 1. The van der Waals surface area contributed by atoms with Crippen LogP contribution in [0.25, 0.3) is 22.2 Å². The van der Waals surface area contributed by atoms with E-state index in [1.165, 1.54) is 6.33 Å². The lowest BCUT2D eigenvalue weighted by Gasteiger charge is -2.07. The van der Waals surface area contributed by atoms with E-state index in [1.54, 1.807) is 0 Å². The predicted molar refractivity (Wildman–Crippen MR) is 131 cm³/mol. The molecule has 0 spiro atoms. The van der Waals surface area contributed by atoms with Crippen molar-refractivity contribution >= 4 is 22.8 Å². The van der Waals surface area contributed by atoms with Crippen LogP contribution in [-0.2, 0) is 17.9 Å². The predicted octanol–water partition coefficient (Wildman–Crippen LogP) is 4.09. The second kappa shape index (κ2) is 9.50. The van der Waals surface area contributed by atoms with E-state index in [9.17, 15) is 4.79 Å². The molecule has 0 unspecified atom stereocenters. The van der Waals surface area contributed by atoms with Gasteiger partial charge in [0.15, 0.2) is 0 Å². The summed E-state index contributed by atoms with van der Waals surface area (Å²) in [6, 6.07) is 21.3. The summed E-state index contributed by atoms with van der Waals surface area (Å²) in [4.78, 5) is 21.2. The molecule has 0 atom stereocenters. The van der Waals surface area contributed by atoms with Crippen LogP contribution >= 0.6 is 0 Å². The molecule has 3 aromatic heterocycles. The second-order valence-electron chi connectivity index (χ2n) is 7.84. The lowest BCUT2D eigenvalue weighted by Crippen LogP contribution is -2.30. The second-order valence-corrected chi connectivity index (χ2v) is 7.84. The van der Waals surface area contributed by atoms with Crippen LogP contribution in [0.3, 0.4) is 0 Å². The largest absolute Gasteiger partial charge is 0.457 e. The van der Waals surface area contributed by atoms with Gasteiger partial charge in [-0.2, -0.15) is 0 Å². The molecular weight excluding hydrogens is 428 g/mol. The van der Waals surface area contributed by atoms with Gasteiger partial charge in [-0.25, -0.2) is 9.97 Å². The molecular formula is C26H24N6O2. The lowest BCUT2D eigenvalue weighted by molar-refractivity contribution is -0.121. The summed E-state index contributed by atoms with van der Waals surface area (Å²) in [5, 5.41) is 3.68. The Morgan fingerprint density at radius 2 is 1.68 bits per heavy atom. The third-order valence-corrected chi connectivity index (χ3v) is 5.50. The molecule has 34 heavy (non-hydrogen) atoms. The van der Waals surface area contributed by atoms with Crippen LogP contribution in [0.5, 0.6) is 11.5 Å². The number of ether oxygens (including phenoxy) is 1. The molecule has 0 radical (unpaired) electrons. The molecule has 2 aromatic carbocycles. The number of benzene rings is 2. The summed E-state index contributed by atoms with van der Waals surface area (Å²) < 4.78 is 9.72. The fourth-order valence-electron chi connectivity index (χ4n) is 3.87. The lowest BCUT2D eigenvalue weighted by atomic mass is 10.1. The molecule has 0 fully saturated rings. The monoisotopic (exact) mass is 452 g/mol. The fraction of sp³-hybridized carbons (Fsp3) is 0.115. The summed E-state index contributed by atoms with van der Waals surface area (Å²) in [5.41, 5.74) is 8.62. The number of carbonyl (C=O) groups is 1. The molecule has 3 heterocycles. The molecule has 8 heteroatoms. The molecule has 1 amide bonds. The highest BCUT2D eigenvalue weighted by atomic mass is 16.5. The third kappa shape index (κ3) is 4.61. The van der Waals surface area contributed by atoms with E-state index in [1.807, 2.05) is 94.5 Å². The highest BCUT2D eigenvalue weighted by molar-refractivity contribution is 6.01. The number of hydrogen-bond acceptors (Lipinski definition) is 5. The van der Waals surface area contributed by atoms with Crippen molar-refractivity contribution in [1.29, 1.82) is 0 Å². The number of rotatable bonds is 8. The SMILES string of the molecule is Nc1ncnc2c1c(-c1ccc(Oc3ccccc3)cc1)cn2CC(=O)NCCn1cccc1. The third-order valence-electron chi connectivity index (χ3n) is 5.50. The van der Waals surface area contributed by atoms with Gasteiger partial charge in [-0.3, -0.25) is 4.79 Å². The molecule has 5 rings (SSSR count). The Morgan fingerprint density at radius 3 is 2.44 bits per heavy atom. The van der Waals surface area contributed by atoms with Crippen molar-refractivity contribution in [1.82, 2.24) is 24.4 Å². The molecule has 0 aliphatic heterocycles. The molecule has 0 saturated heterocycles. The van der Waals surface area contributed by atoms with Crippen molar-refractivity contribution in [2.24, 2.45) is 0 Å². The van der Waals surface area contributed by atoms with Crippen LogP contribution in [0.4, 0.5) is 5.82 Å². The summed E-state index contributed by atoms with van der Waals surface area (Å²) >= 11 is 0. The molecule has 3 N–H and O–H groups in total. The van der Waals surface area contributed by atoms with E-state index in [2.05, 4.69) is 15.3 Å². The van der Waals surface area contributed by atoms with Gasteiger partial charge in [0.05, 0.1) is 5.39 Å². The van der Waals surface area contributed by atoms with Crippen molar-refractivity contribution in [2.45, 2.75) is 13.1 Å². The highest BCUT2D eigenvalue weighted by Crippen LogP contribution is 2.34. The number of hydrogen-bond donors (Lipinski definition) is 2. The minimum absolute atomic E-state index is 0.0978. The Labute approximate surface area is 196 Å². The Morgan fingerprint density at radius 1 is 0.941 bits per heavy atom. The number of carbonyl (C=O) groups excluding carboxylic acids is 1. The molecule has 0 aliphatic carbocycles. The van der Waals surface area contributed by atoms with Crippen molar-refractivity contribution in [3.05, 3.63) is 91.6 Å². The van der Waals surface area contributed by atoms with Crippen LogP contribution < -0.4 is 15.8 Å². The number of nitrogens with two attached hydrogens (primary N) is 1. The van der Waals surface area contributed by atoms with E-state index in [4.69, 9.17) is 10.5 Å². The van der Waals surface area contributed by atoms with Crippen LogP contribution in [0.1, 0.15) is 0 Å². The van der Waals surface area contributed by atoms with Gasteiger partial charge >= 0.3 is 0 Å². The van der Waals surface area contributed by atoms with Crippen LogP contribution in [0, 0.1) is 0 Å². The van der Waals surface area contributed by atoms with Gasteiger partial charge in [0.2, 0.25) is 5.91 Å². The number of nitrogen functional groups attached to an aromatic ring is 1. The molecule has 8 nitrogen and oxygen atoms in total. The average molecular weight is 453 g/mol. The minimum atomic E-state index is -0.0978. The first kappa shape index (κ1) is 21.3. The molecule has 0 bridgehead atoms. The van der Waals surface area contributed by atoms with Crippen molar-refractivity contribution in [3.8, 4) is 22.6 Å². The number of nitrogens with zero attached hydrogens (tertiary/aromatic N) is 4. The number of nitrogens with one attached hydrogen (secondary N) is 1. The zero-order chi connectivity index (χ0) is 23.3. The van der Waals surface area contributed by atoms with Crippen molar-refractivity contribution in [3.63, 3.8) is 0 Å². The standard InChI is InChI=1S/C26H24N6O2/c27-25-24-22(19-8-10-21(11-9-19)34-20-6-2-1-3-7-20)16-32(26(24)30-18-29-25)17-23(33)28-12-15-31-13-4-5-14-31/h1-11,13-14,16,18H,12,15,17H2,(H,28,33)(H2,27,29,30). The number of aromatic nitrogens is 4. The summed E-state index contributed by atoms with van der Waals surface area (Å²) in [5.74, 6) is 1.77. The van der Waals surface area contributed by atoms with Gasteiger partial charge in [-0.05, 0) is 42.0 Å². The summed E-state index contributed by atoms with van der Waals surface area (Å²) in [6.45, 7) is 1.39. The van der Waals surface area contributed by atoms with E-state index < -0.39 is 0 Å². The zero-order valence-corrected chi connectivity index (χ0v) is 18.5. The first-order valence-corrected chi connectivity index (χ1v) is 11.0. The maximum atomic E-state index is 12.6. The van der Waals surface area contributed by atoms with E-state index in [0.717, 1.165) is 28.0 Å². The maximum Gasteiger partial charge on any atom is 0.240 e. The van der Waals surface area contributed by atoms with E-state index in [0.29, 0.717) is 24.6 Å². The van der Waals surface area contributed by atoms with Gasteiger partial charge < -0.3 is 24.9 Å². The van der Waals surface area contributed by atoms with Crippen molar-refractivity contribution < 1.29 is 9.53 Å². The van der Waals surface area contributed by atoms with E-state index >= 15 is 0 Å². The maximum absolute atomic E-state index is 12.6. The number of para-hydroxylation sites is 1. The Balaban J connectivity index is 1.36. The number of amides is 1. The van der Waals surface area contributed by atoms with E-state index in [-0.39, 0.29) is 12.5 Å². The first-order valence-electron chi connectivity index (χ1n) is 11.0. The van der Waals surface area contributed by atoms with Gasteiger partial charge in [-0.1, -0.05) is 30.3 Å². The Bertz CT molecular complexity index is 1390. The first-order chi connectivity index (χ1) is 16.7. The molecule has 0 saturated carbocycles. The number of anilines is 1. The normalized spacial score (nSPS) is 10.9. The van der Waals surface area contributed by atoms with Gasteiger partial charge in [0.1, 0.15) is 35.8 Å².